The molecule has 96 valence electrons. The lowest BCUT2D eigenvalue weighted by atomic mass is 10.1. The molecule has 0 aromatic heterocycles. The van der Waals surface area contributed by atoms with E-state index in [0.717, 1.165) is 0 Å². The summed E-state index contributed by atoms with van der Waals surface area (Å²) in [6.45, 7) is 3.91. The highest BCUT2D eigenvalue weighted by molar-refractivity contribution is 5.73. The first kappa shape index (κ1) is 15.3. The Bertz CT molecular complexity index is 209. The van der Waals surface area contributed by atoms with E-state index in [2.05, 4.69) is 5.32 Å². The lowest BCUT2D eigenvalue weighted by Crippen LogP contribution is -2.47. The number of hydrogen-bond acceptors (Lipinski definition) is 5. The van der Waals surface area contributed by atoms with Gasteiger partial charge in [-0.1, -0.05) is 0 Å². The molecule has 0 rings (SSSR count). The van der Waals surface area contributed by atoms with Gasteiger partial charge < -0.3 is 25.4 Å². The minimum Gasteiger partial charge on any atom is -0.394 e. The summed E-state index contributed by atoms with van der Waals surface area (Å²) in [7, 11) is 0. The van der Waals surface area contributed by atoms with E-state index in [1.54, 1.807) is 6.92 Å². The van der Waals surface area contributed by atoms with Gasteiger partial charge in [0.25, 0.3) is 0 Å². The molecular formula is C10H21NO5. The van der Waals surface area contributed by atoms with Gasteiger partial charge in [0, 0.05) is 6.92 Å². The van der Waals surface area contributed by atoms with Crippen molar-refractivity contribution in [1.29, 1.82) is 0 Å². The minimum atomic E-state index is -0.816. The van der Waals surface area contributed by atoms with Gasteiger partial charge >= 0.3 is 0 Å². The fourth-order valence-corrected chi connectivity index (χ4v) is 1.25. The standard InChI is InChI=1S/C10H21NO5/c1-6(14)10(5-13)16-7(2)9(4-12)11-8(3)15/h6-7,9-10,12-14H,4-5H2,1-3H3,(H,11,15)/t6-,7?,9+,10?/m0/s1. The highest BCUT2D eigenvalue weighted by atomic mass is 16.5. The third-order valence-electron chi connectivity index (χ3n) is 2.26. The van der Waals surface area contributed by atoms with Crippen molar-refractivity contribution in [2.75, 3.05) is 13.2 Å². The van der Waals surface area contributed by atoms with E-state index in [1.165, 1.54) is 13.8 Å². The molecule has 0 fully saturated rings. The number of amides is 1. The van der Waals surface area contributed by atoms with E-state index >= 15 is 0 Å². The molecule has 6 nitrogen and oxygen atoms in total. The average molecular weight is 235 g/mol. The molecule has 1 amide bonds. The predicted octanol–water partition coefficient (Wildman–Crippen LogP) is -1.37. The molecule has 0 heterocycles. The van der Waals surface area contributed by atoms with Crippen molar-refractivity contribution >= 4 is 5.91 Å². The number of rotatable bonds is 7. The molecule has 4 atom stereocenters. The molecule has 0 saturated heterocycles. The molecule has 0 aromatic rings. The van der Waals surface area contributed by atoms with Crippen LogP contribution in [0.3, 0.4) is 0 Å². The van der Waals surface area contributed by atoms with Crippen LogP contribution < -0.4 is 5.32 Å². The van der Waals surface area contributed by atoms with Crippen LogP contribution in [0.15, 0.2) is 0 Å². The molecule has 4 N–H and O–H groups in total. The van der Waals surface area contributed by atoms with E-state index in [-0.39, 0.29) is 19.1 Å². The SMILES string of the molecule is CC(=O)N[C@H](CO)C(C)OC(CO)[C@H](C)O. The molecule has 0 aliphatic rings. The second-order valence-electron chi connectivity index (χ2n) is 3.79. The third kappa shape index (κ3) is 5.41. The second-order valence-corrected chi connectivity index (χ2v) is 3.79. The van der Waals surface area contributed by atoms with Crippen molar-refractivity contribution in [3.63, 3.8) is 0 Å². The number of aliphatic hydroxyl groups excluding tert-OH is 3. The zero-order chi connectivity index (χ0) is 12.7. The Balaban J connectivity index is 4.28. The van der Waals surface area contributed by atoms with Crippen molar-refractivity contribution in [1.82, 2.24) is 5.32 Å². The summed E-state index contributed by atoms with van der Waals surface area (Å²) < 4.78 is 5.34. The van der Waals surface area contributed by atoms with Crippen LogP contribution in [0.25, 0.3) is 0 Å². The highest BCUT2D eigenvalue weighted by Gasteiger charge is 2.23. The van der Waals surface area contributed by atoms with Crippen LogP contribution >= 0.6 is 0 Å². The maximum atomic E-state index is 10.8. The first-order chi connectivity index (χ1) is 7.42. The van der Waals surface area contributed by atoms with E-state index in [9.17, 15) is 9.90 Å². The van der Waals surface area contributed by atoms with Crippen LogP contribution in [0, 0.1) is 0 Å². The second kappa shape index (κ2) is 7.56. The predicted molar refractivity (Wildman–Crippen MR) is 57.8 cm³/mol. The number of aliphatic hydroxyl groups is 3. The van der Waals surface area contributed by atoms with Crippen molar-refractivity contribution in [3.8, 4) is 0 Å². The zero-order valence-electron chi connectivity index (χ0n) is 9.88. The van der Waals surface area contributed by atoms with Crippen LogP contribution in [0.2, 0.25) is 0 Å². The molecule has 0 aliphatic carbocycles. The summed E-state index contributed by atoms with van der Waals surface area (Å²) in [6, 6.07) is -0.551. The lowest BCUT2D eigenvalue weighted by Gasteiger charge is -2.28. The number of ether oxygens (including phenoxy) is 1. The van der Waals surface area contributed by atoms with Crippen LogP contribution in [-0.2, 0) is 9.53 Å². The number of carbonyl (C=O) groups is 1. The summed E-state index contributed by atoms with van der Waals surface area (Å²) in [4.78, 5) is 10.8. The number of carbonyl (C=O) groups excluding carboxylic acids is 1. The normalized spacial score (nSPS) is 18.6. The van der Waals surface area contributed by atoms with Crippen molar-refractivity contribution in [3.05, 3.63) is 0 Å². The topological polar surface area (TPSA) is 99.0 Å². The molecule has 16 heavy (non-hydrogen) atoms. The Hall–Kier alpha value is -0.690. The molecule has 0 radical (unpaired) electrons. The minimum absolute atomic E-state index is 0.265. The van der Waals surface area contributed by atoms with Gasteiger partial charge in [0.1, 0.15) is 6.10 Å². The number of hydrogen-bond donors (Lipinski definition) is 4. The summed E-state index contributed by atoms with van der Waals surface area (Å²) in [5.41, 5.74) is 0. The van der Waals surface area contributed by atoms with Crippen molar-refractivity contribution < 1.29 is 24.9 Å². The molecule has 6 heteroatoms. The van der Waals surface area contributed by atoms with Gasteiger partial charge in [0.05, 0.1) is 31.5 Å². The quantitative estimate of drug-likeness (QED) is 0.436. The van der Waals surface area contributed by atoms with E-state index in [4.69, 9.17) is 14.9 Å². The monoisotopic (exact) mass is 235 g/mol. The molecular weight excluding hydrogens is 214 g/mol. The van der Waals surface area contributed by atoms with Gasteiger partial charge in [-0.25, -0.2) is 0 Å². The molecule has 2 unspecified atom stereocenters. The zero-order valence-corrected chi connectivity index (χ0v) is 9.88. The van der Waals surface area contributed by atoms with Gasteiger partial charge in [-0.15, -0.1) is 0 Å². The fourth-order valence-electron chi connectivity index (χ4n) is 1.25. The highest BCUT2D eigenvalue weighted by Crippen LogP contribution is 2.06. The molecule has 0 saturated carbocycles. The Morgan fingerprint density at radius 3 is 2.19 bits per heavy atom. The van der Waals surface area contributed by atoms with Gasteiger partial charge in [-0.05, 0) is 13.8 Å². The Labute approximate surface area is 95.2 Å². The first-order valence-corrected chi connectivity index (χ1v) is 5.24. The fraction of sp³-hybridized carbons (Fsp3) is 0.900. The largest absolute Gasteiger partial charge is 0.394 e. The van der Waals surface area contributed by atoms with E-state index < -0.39 is 24.4 Å². The molecule has 0 bridgehead atoms. The first-order valence-electron chi connectivity index (χ1n) is 5.24. The Kier molecular flexibility index (Phi) is 7.24. The molecule has 0 spiro atoms. The average Bonchev–Trinajstić information content (AvgIpc) is 2.21. The van der Waals surface area contributed by atoms with Crippen LogP contribution in [0.1, 0.15) is 20.8 Å². The van der Waals surface area contributed by atoms with Crippen molar-refractivity contribution in [2.24, 2.45) is 0 Å². The van der Waals surface area contributed by atoms with E-state index in [0.29, 0.717) is 0 Å². The van der Waals surface area contributed by atoms with Crippen molar-refractivity contribution in [2.45, 2.75) is 45.1 Å². The third-order valence-corrected chi connectivity index (χ3v) is 2.26. The molecule has 0 aliphatic heterocycles. The summed E-state index contributed by atoms with van der Waals surface area (Å²) in [5.74, 6) is -0.271. The summed E-state index contributed by atoms with van der Waals surface area (Å²) >= 11 is 0. The van der Waals surface area contributed by atoms with Crippen LogP contribution in [-0.4, -0.2) is 58.8 Å². The lowest BCUT2D eigenvalue weighted by molar-refractivity contribution is -0.125. The van der Waals surface area contributed by atoms with Crippen LogP contribution in [0.4, 0.5) is 0 Å². The van der Waals surface area contributed by atoms with Gasteiger partial charge in [-0.2, -0.15) is 0 Å². The van der Waals surface area contributed by atoms with Gasteiger partial charge in [0.15, 0.2) is 0 Å². The maximum absolute atomic E-state index is 10.8. The number of nitrogens with one attached hydrogen (secondary N) is 1. The maximum Gasteiger partial charge on any atom is 0.217 e. The summed E-state index contributed by atoms with van der Waals surface area (Å²) in [6.07, 6.45) is -2.04. The van der Waals surface area contributed by atoms with Crippen LogP contribution in [0.5, 0.6) is 0 Å². The summed E-state index contributed by atoms with van der Waals surface area (Å²) in [5, 5.41) is 29.8. The van der Waals surface area contributed by atoms with Gasteiger partial charge in [-0.3, -0.25) is 4.79 Å². The molecule has 0 aromatic carbocycles. The van der Waals surface area contributed by atoms with E-state index in [1.807, 2.05) is 0 Å². The van der Waals surface area contributed by atoms with Gasteiger partial charge in [0.2, 0.25) is 5.91 Å². The Morgan fingerprint density at radius 2 is 1.88 bits per heavy atom. The smallest absolute Gasteiger partial charge is 0.217 e. The Morgan fingerprint density at radius 1 is 1.31 bits per heavy atom.